The van der Waals surface area contributed by atoms with E-state index in [1.807, 2.05) is 43.5 Å². The molecule has 26 heavy (non-hydrogen) atoms. The molecule has 0 unspecified atom stereocenters. The number of thioether (sulfide) groups is 1. The summed E-state index contributed by atoms with van der Waals surface area (Å²) in [5.41, 5.74) is 2.57. The Morgan fingerprint density at radius 1 is 1.12 bits per heavy atom. The van der Waals surface area contributed by atoms with Crippen molar-refractivity contribution in [3.63, 3.8) is 0 Å². The van der Waals surface area contributed by atoms with Crippen LogP contribution in [0.4, 0.5) is 0 Å². The molecule has 2 aromatic carbocycles. The summed E-state index contributed by atoms with van der Waals surface area (Å²) in [6, 6.07) is 12.9. The van der Waals surface area contributed by atoms with Gasteiger partial charge in [0.2, 0.25) is 10.0 Å². The van der Waals surface area contributed by atoms with Crippen molar-refractivity contribution < 1.29 is 17.9 Å². The molecule has 0 fully saturated rings. The van der Waals surface area contributed by atoms with Gasteiger partial charge in [-0.2, -0.15) is 0 Å². The lowest BCUT2D eigenvalue weighted by molar-refractivity contribution is -0.144. The Morgan fingerprint density at radius 3 is 2.42 bits per heavy atom. The molecule has 1 N–H and O–H groups in total. The first-order chi connectivity index (χ1) is 12.3. The second-order valence-electron chi connectivity index (χ2n) is 5.93. The van der Waals surface area contributed by atoms with Crippen LogP contribution in [0.5, 0.6) is 0 Å². The van der Waals surface area contributed by atoms with Gasteiger partial charge in [0, 0.05) is 11.4 Å². The summed E-state index contributed by atoms with van der Waals surface area (Å²) in [7, 11) is -3.64. The van der Waals surface area contributed by atoms with Crippen LogP contribution >= 0.6 is 11.8 Å². The zero-order valence-electron chi connectivity index (χ0n) is 15.1. The van der Waals surface area contributed by atoms with Gasteiger partial charge < -0.3 is 4.74 Å². The Balaban J connectivity index is 1.81. The summed E-state index contributed by atoms with van der Waals surface area (Å²) in [6.07, 6.45) is 1.97. The molecule has 0 heterocycles. The van der Waals surface area contributed by atoms with Crippen LogP contribution in [0.25, 0.3) is 0 Å². The lowest BCUT2D eigenvalue weighted by atomic mass is 10.2. The van der Waals surface area contributed by atoms with Crippen LogP contribution in [-0.2, 0) is 26.2 Å². The van der Waals surface area contributed by atoms with Gasteiger partial charge in [0.05, 0.1) is 11.3 Å². The molecule has 0 atom stereocenters. The molecule has 0 aliphatic heterocycles. The molecular formula is C19H23NO4S2. The van der Waals surface area contributed by atoms with Gasteiger partial charge >= 0.3 is 5.97 Å². The van der Waals surface area contributed by atoms with E-state index in [-0.39, 0.29) is 24.5 Å². The Hall–Kier alpha value is -1.83. The van der Waals surface area contributed by atoms with Crippen molar-refractivity contribution >= 4 is 27.8 Å². The van der Waals surface area contributed by atoms with E-state index < -0.39 is 16.0 Å². The van der Waals surface area contributed by atoms with Gasteiger partial charge in [-0.1, -0.05) is 29.8 Å². The largest absolute Gasteiger partial charge is 0.461 e. The highest BCUT2D eigenvalue weighted by Gasteiger charge is 2.17. The number of esters is 1. The van der Waals surface area contributed by atoms with Crippen LogP contribution < -0.4 is 4.72 Å². The van der Waals surface area contributed by atoms with Crippen LogP contribution in [0.2, 0.25) is 0 Å². The van der Waals surface area contributed by atoms with E-state index in [9.17, 15) is 13.2 Å². The second-order valence-corrected chi connectivity index (χ2v) is 8.54. The van der Waals surface area contributed by atoms with E-state index in [0.29, 0.717) is 5.56 Å². The number of hydrogen-bond donors (Lipinski definition) is 1. The van der Waals surface area contributed by atoms with E-state index in [1.165, 1.54) is 0 Å². The van der Waals surface area contributed by atoms with Crippen LogP contribution in [0.3, 0.4) is 0 Å². The third kappa shape index (κ3) is 5.86. The van der Waals surface area contributed by atoms with E-state index in [0.717, 1.165) is 16.0 Å². The molecule has 0 aromatic heterocycles. The van der Waals surface area contributed by atoms with Crippen molar-refractivity contribution in [2.24, 2.45) is 0 Å². The van der Waals surface area contributed by atoms with E-state index >= 15 is 0 Å². The summed E-state index contributed by atoms with van der Waals surface area (Å²) < 4.78 is 32.3. The number of hydrogen-bond acceptors (Lipinski definition) is 5. The number of carbonyl (C=O) groups is 1. The van der Waals surface area contributed by atoms with E-state index in [4.69, 9.17) is 4.74 Å². The molecule has 2 aromatic rings. The van der Waals surface area contributed by atoms with Crippen molar-refractivity contribution in [3.05, 3.63) is 59.2 Å². The molecule has 0 saturated carbocycles. The van der Waals surface area contributed by atoms with Crippen molar-refractivity contribution in [2.45, 2.75) is 36.7 Å². The quantitative estimate of drug-likeness (QED) is 0.549. The SMILES string of the molecule is CSc1ccc(COC(=O)CCNS(=O)(=O)c2ccc(C)cc2C)cc1. The Bertz CT molecular complexity index is 862. The van der Waals surface area contributed by atoms with Gasteiger partial charge in [-0.3, -0.25) is 4.79 Å². The van der Waals surface area contributed by atoms with Gasteiger partial charge in [-0.05, 0) is 49.4 Å². The summed E-state index contributed by atoms with van der Waals surface area (Å²) >= 11 is 1.64. The van der Waals surface area contributed by atoms with Crippen molar-refractivity contribution in [2.75, 3.05) is 12.8 Å². The zero-order valence-corrected chi connectivity index (χ0v) is 16.7. The smallest absolute Gasteiger partial charge is 0.307 e. The maximum atomic E-state index is 12.3. The van der Waals surface area contributed by atoms with Gasteiger partial charge in [-0.15, -0.1) is 11.8 Å². The fraction of sp³-hybridized carbons (Fsp3) is 0.316. The van der Waals surface area contributed by atoms with Crippen LogP contribution in [0.15, 0.2) is 52.3 Å². The average molecular weight is 394 g/mol. The summed E-state index contributed by atoms with van der Waals surface area (Å²) in [4.78, 5) is 13.2. The molecule has 0 aliphatic rings. The molecule has 0 bridgehead atoms. The lowest BCUT2D eigenvalue weighted by Crippen LogP contribution is -2.27. The fourth-order valence-electron chi connectivity index (χ4n) is 2.42. The fourth-order valence-corrected chi connectivity index (χ4v) is 4.09. The first-order valence-electron chi connectivity index (χ1n) is 8.17. The minimum absolute atomic E-state index is 0.000104. The molecule has 0 radical (unpaired) electrons. The standard InChI is InChI=1S/C19H23NO4S2/c1-14-4-9-18(15(2)12-14)26(22,23)20-11-10-19(21)24-13-16-5-7-17(25-3)8-6-16/h4-9,12,20H,10-11,13H2,1-3H3. The Morgan fingerprint density at radius 2 is 1.81 bits per heavy atom. The van der Waals surface area contributed by atoms with E-state index in [1.54, 1.807) is 30.8 Å². The predicted octanol–water partition coefficient (Wildman–Crippen LogP) is 3.44. The zero-order chi connectivity index (χ0) is 19.2. The highest BCUT2D eigenvalue weighted by molar-refractivity contribution is 7.98. The first kappa shape index (κ1) is 20.5. The average Bonchev–Trinajstić information content (AvgIpc) is 2.60. The van der Waals surface area contributed by atoms with Gasteiger partial charge in [0.1, 0.15) is 6.61 Å². The Kier molecular flexibility index (Phi) is 7.25. The van der Waals surface area contributed by atoms with Crippen molar-refractivity contribution in [1.29, 1.82) is 0 Å². The monoisotopic (exact) mass is 393 g/mol. The predicted molar refractivity (Wildman–Crippen MR) is 104 cm³/mol. The number of carbonyl (C=O) groups excluding carboxylic acids is 1. The number of rotatable bonds is 8. The van der Waals surface area contributed by atoms with Gasteiger partial charge in [0.15, 0.2) is 0 Å². The normalized spacial score (nSPS) is 11.3. The maximum absolute atomic E-state index is 12.3. The number of sulfonamides is 1. The number of aryl methyl sites for hydroxylation is 2. The van der Waals surface area contributed by atoms with Crippen molar-refractivity contribution in [3.8, 4) is 0 Å². The molecule has 7 heteroatoms. The highest BCUT2D eigenvalue weighted by Crippen LogP contribution is 2.17. The Labute approximate surface area is 159 Å². The summed E-state index contributed by atoms with van der Waals surface area (Å²) in [5.74, 6) is -0.442. The van der Waals surface area contributed by atoms with Crippen LogP contribution in [0.1, 0.15) is 23.1 Å². The number of nitrogens with one attached hydrogen (secondary N) is 1. The lowest BCUT2D eigenvalue weighted by Gasteiger charge is -2.10. The van der Waals surface area contributed by atoms with Gasteiger partial charge in [0.25, 0.3) is 0 Å². The van der Waals surface area contributed by atoms with Crippen LogP contribution in [-0.4, -0.2) is 27.2 Å². The third-order valence-corrected chi connectivity index (χ3v) is 6.16. The summed E-state index contributed by atoms with van der Waals surface area (Å²) in [5, 5.41) is 0. The topological polar surface area (TPSA) is 72.5 Å². The minimum atomic E-state index is -3.64. The number of ether oxygens (including phenoxy) is 1. The molecular weight excluding hydrogens is 370 g/mol. The highest BCUT2D eigenvalue weighted by atomic mass is 32.2. The maximum Gasteiger partial charge on any atom is 0.307 e. The van der Waals surface area contributed by atoms with Gasteiger partial charge in [-0.25, -0.2) is 13.1 Å². The molecule has 0 spiro atoms. The molecule has 0 aliphatic carbocycles. The number of benzene rings is 2. The van der Waals surface area contributed by atoms with Crippen molar-refractivity contribution in [1.82, 2.24) is 4.72 Å². The van der Waals surface area contributed by atoms with Crippen LogP contribution in [0, 0.1) is 13.8 Å². The molecule has 140 valence electrons. The molecule has 5 nitrogen and oxygen atoms in total. The molecule has 0 amide bonds. The molecule has 2 rings (SSSR count). The second kappa shape index (κ2) is 9.21. The summed E-state index contributed by atoms with van der Waals surface area (Å²) in [6.45, 7) is 3.83. The minimum Gasteiger partial charge on any atom is -0.461 e. The molecule has 0 saturated heterocycles. The first-order valence-corrected chi connectivity index (χ1v) is 10.9. The van der Waals surface area contributed by atoms with E-state index in [2.05, 4.69) is 4.72 Å². The third-order valence-electron chi connectivity index (χ3n) is 3.80.